The first-order valence-electron chi connectivity index (χ1n) is 8.97. The van der Waals surface area contributed by atoms with Crippen LogP contribution in [0.15, 0.2) is 42.5 Å². The third kappa shape index (κ3) is 4.16. The quantitative estimate of drug-likeness (QED) is 0.549. The fourth-order valence-corrected chi connectivity index (χ4v) is 2.89. The average molecular weight is 398 g/mol. The van der Waals surface area contributed by atoms with Gasteiger partial charge in [-0.2, -0.15) is 0 Å². The second kappa shape index (κ2) is 8.22. The van der Waals surface area contributed by atoms with Gasteiger partial charge in [0, 0.05) is 11.8 Å². The Bertz CT molecular complexity index is 935. The van der Waals surface area contributed by atoms with Gasteiger partial charge in [-0.1, -0.05) is 0 Å². The maximum absolute atomic E-state index is 12.8. The molecule has 0 heterocycles. The van der Waals surface area contributed by atoms with Crippen LogP contribution in [-0.4, -0.2) is 39.1 Å². The molecule has 152 valence electrons. The fourth-order valence-electron chi connectivity index (χ4n) is 2.89. The Morgan fingerprint density at radius 3 is 2.07 bits per heavy atom. The minimum absolute atomic E-state index is 0.370. The highest BCUT2D eigenvalue weighted by Crippen LogP contribution is 2.48. The van der Waals surface area contributed by atoms with Gasteiger partial charge in [0.1, 0.15) is 16.9 Å². The van der Waals surface area contributed by atoms with Crippen LogP contribution in [0.25, 0.3) is 0 Å². The van der Waals surface area contributed by atoms with Gasteiger partial charge in [0.15, 0.2) is 0 Å². The minimum Gasteiger partial charge on any atom is -0.497 e. The summed E-state index contributed by atoms with van der Waals surface area (Å²) in [7, 11) is 4.31. The summed E-state index contributed by atoms with van der Waals surface area (Å²) in [5.74, 6) is -0.251. The molecule has 2 aromatic rings. The summed E-state index contributed by atoms with van der Waals surface area (Å²) in [5, 5.41) is 5.51. The van der Waals surface area contributed by atoms with Gasteiger partial charge >= 0.3 is 5.97 Å². The van der Waals surface area contributed by atoms with Crippen LogP contribution in [0.4, 0.5) is 11.4 Å². The second-order valence-corrected chi connectivity index (χ2v) is 6.63. The van der Waals surface area contributed by atoms with E-state index < -0.39 is 23.2 Å². The van der Waals surface area contributed by atoms with E-state index in [1.165, 1.54) is 21.3 Å². The maximum atomic E-state index is 12.8. The van der Waals surface area contributed by atoms with Crippen molar-refractivity contribution in [1.29, 1.82) is 0 Å². The smallest absolute Gasteiger partial charge is 0.337 e. The van der Waals surface area contributed by atoms with Crippen LogP contribution in [0.2, 0.25) is 0 Å². The molecule has 0 radical (unpaired) electrons. The van der Waals surface area contributed by atoms with Crippen molar-refractivity contribution >= 4 is 29.2 Å². The van der Waals surface area contributed by atoms with Crippen LogP contribution in [-0.2, 0) is 14.3 Å². The van der Waals surface area contributed by atoms with Gasteiger partial charge in [-0.15, -0.1) is 0 Å². The minimum atomic E-state index is -1.14. The number of anilines is 2. The van der Waals surface area contributed by atoms with Gasteiger partial charge in [0.25, 0.3) is 0 Å². The molecule has 2 amide bonds. The molecule has 1 saturated carbocycles. The zero-order valence-electron chi connectivity index (χ0n) is 16.4. The molecule has 1 fully saturated rings. The molecule has 0 spiro atoms. The number of hydrogen-bond donors (Lipinski definition) is 2. The Kier molecular flexibility index (Phi) is 5.72. The van der Waals surface area contributed by atoms with Gasteiger partial charge in [-0.3, -0.25) is 9.59 Å². The number of esters is 1. The highest BCUT2D eigenvalue weighted by molar-refractivity contribution is 6.17. The van der Waals surface area contributed by atoms with E-state index in [0.29, 0.717) is 41.3 Å². The number of carbonyl (C=O) groups is 3. The molecule has 0 aromatic heterocycles. The Morgan fingerprint density at radius 1 is 0.862 bits per heavy atom. The molecule has 8 nitrogen and oxygen atoms in total. The third-order valence-corrected chi connectivity index (χ3v) is 4.84. The van der Waals surface area contributed by atoms with Crippen molar-refractivity contribution in [3.8, 4) is 11.5 Å². The highest BCUT2D eigenvalue weighted by Gasteiger charge is 2.56. The first-order chi connectivity index (χ1) is 13.9. The SMILES string of the molecule is COC(=O)c1ccc(NC(=O)C2(C(=O)Nc3cc(OC)ccc3OC)CC2)cc1. The normalized spacial score (nSPS) is 13.8. The van der Waals surface area contributed by atoms with Crippen molar-refractivity contribution in [1.82, 2.24) is 0 Å². The topological polar surface area (TPSA) is 103 Å². The molecule has 0 aliphatic heterocycles. The standard InChI is InChI=1S/C21H22N2O6/c1-27-15-8-9-17(28-2)16(12-15)23-20(26)21(10-11-21)19(25)22-14-6-4-13(5-7-14)18(24)29-3/h4-9,12H,10-11H2,1-3H3,(H,22,25)(H,23,26). The van der Waals surface area contributed by atoms with Crippen LogP contribution in [0.5, 0.6) is 11.5 Å². The fraction of sp³-hybridized carbons (Fsp3) is 0.286. The Balaban J connectivity index is 1.71. The van der Waals surface area contributed by atoms with Crippen LogP contribution in [0, 0.1) is 5.41 Å². The van der Waals surface area contributed by atoms with E-state index >= 15 is 0 Å². The number of hydrogen-bond acceptors (Lipinski definition) is 6. The van der Waals surface area contributed by atoms with Gasteiger partial charge in [0.2, 0.25) is 11.8 Å². The van der Waals surface area contributed by atoms with Gasteiger partial charge in [-0.05, 0) is 49.2 Å². The molecule has 0 bridgehead atoms. The molecule has 1 aliphatic rings. The summed E-state index contributed by atoms with van der Waals surface area (Å²) in [6.45, 7) is 0. The van der Waals surface area contributed by atoms with E-state index in [0.717, 1.165) is 0 Å². The van der Waals surface area contributed by atoms with E-state index in [-0.39, 0.29) is 0 Å². The molecule has 29 heavy (non-hydrogen) atoms. The maximum Gasteiger partial charge on any atom is 0.337 e. The summed E-state index contributed by atoms with van der Waals surface area (Å²) in [6, 6.07) is 11.3. The largest absolute Gasteiger partial charge is 0.497 e. The number of nitrogens with one attached hydrogen (secondary N) is 2. The number of benzene rings is 2. The lowest BCUT2D eigenvalue weighted by molar-refractivity contribution is -0.131. The monoisotopic (exact) mass is 398 g/mol. The number of carbonyl (C=O) groups excluding carboxylic acids is 3. The summed E-state index contributed by atoms with van der Waals surface area (Å²) in [5.41, 5.74) is 0.142. The van der Waals surface area contributed by atoms with E-state index in [1.54, 1.807) is 42.5 Å². The number of methoxy groups -OCH3 is 3. The van der Waals surface area contributed by atoms with Crippen molar-refractivity contribution in [2.24, 2.45) is 5.41 Å². The highest BCUT2D eigenvalue weighted by atomic mass is 16.5. The second-order valence-electron chi connectivity index (χ2n) is 6.63. The number of amides is 2. The predicted octanol–water partition coefficient (Wildman–Crippen LogP) is 2.85. The van der Waals surface area contributed by atoms with Gasteiger partial charge in [0.05, 0.1) is 32.6 Å². The summed E-state index contributed by atoms with van der Waals surface area (Å²) >= 11 is 0. The lowest BCUT2D eigenvalue weighted by Gasteiger charge is -2.17. The van der Waals surface area contributed by atoms with Crippen LogP contribution < -0.4 is 20.1 Å². The van der Waals surface area contributed by atoms with Crippen LogP contribution in [0.1, 0.15) is 23.2 Å². The van der Waals surface area contributed by atoms with E-state index in [9.17, 15) is 14.4 Å². The Labute approximate surface area is 168 Å². The Morgan fingerprint density at radius 2 is 1.52 bits per heavy atom. The van der Waals surface area contributed by atoms with Gasteiger partial charge in [-0.25, -0.2) is 4.79 Å². The zero-order chi connectivity index (χ0) is 21.0. The molecule has 2 N–H and O–H groups in total. The summed E-state index contributed by atoms with van der Waals surface area (Å²) < 4.78 is 15.1. The molecular formula is C21H22N2O6. The van der Waals surface area contributed by atoms with Crippen molar-refractivity contribution in [3.05, 3.63) is 48.0 Å². The van der Waals surface area contributed by atoms with Crippen LogP contribution >= 0.6 is 0 Å². The molecule has 3 rings (SSSR count). The van der Waals surface area contributed by atoms with E-state index in [2.05, 4.69) is 15.4 Å². The molecule has 2 aromatic carbocycles. The number of ether oxygens (including phenoxy) is 3. The van der Waals surface area contributed by atoms with Crippen molar-refractivity contribution in [3.63, 3.8) is 0 Å². The first kappa shape index (κ1) is 20.2. The molecule has 1 aliphatic carbocycles. The van der Waals surface area contributed by atoms with Crippen molar-refractivity contribution < 1.29 is 28.6 Å². The molecule has 0 atom stereocenters. The molecule has 0 unspecified atom stereocenters. The molecule has 0 saturated heterocycles. The summed E-state index contributed by atoms with van der Waals surface area (Å²) in [4.78, 5) is 37.1. The van der Waals surface area contributed by atoms with Gasteiger partial charge < -0.3 is 24.8 Å². The van der Waals surface area contributed by atoms with Crippen LogP contribution in [0.3, 0.4) is 0 Å². The zero-order valence-corrected chi connectivity index (χ0v) is 16.4. The summed E-state index contributed by atoms with van der Waals surface area (Å²) in [6.07, 6.45) is 0.883. The molecular weight excluding hydrogens is 376 g/mol. The van der Waals surface area contributed by atoms with Crippen molar-refractivity contribution in [2.75, 3.05) is 32.0 Å². The third-order valence-electron chi connectivity index (χ3n) is 4.84. The van der Waals surface area contributed by atoms with E-state index in [4.69, 9.17) is 9.47 Å². The van der Waals surface area contributed by atoms with E-state index in [1.807, 2.05) is 0 Å². The number of rotatable bonds is 7. The Hall–Kier alpha value is -3.55. The first-order valence-corrected chi connectivity index (χ1v) is 8.97. The molecule has 8 heteroatoms. The lowest BCUT2D eigenvalue weighted by atomic mass is 10.0. The predicted molar refractivity (Wildman–Crippen MR) is 106 cm³/mol. The lowest BCUT2D eigenvalue weighted by Crippen LogP contribution is -2.35. The average Bonchev–Trinajstić information content (AvgIpc) is 3.56. The van der Waals surface area contributed by atoms with Crippen molar-refractivity contribution in [2.45, 2.75) is 12.8 Å².